The van der Waals surface area contributed by atoms with E-state index in [1.807, 2.05) is 35.8 Å². The number of hydrogen-bond donors (Lipinski definition) is 2. The van der Waals surface area contributed by atoms with Crippen molar-refractivity contribution in [1.82, 2.24) is 9.97 Å². The van der Waals surface area contributed by atoms with Crippen LogP contribution in [0.1, 0.15) is 18.9 Å². The summed E-state index contributed by atoms with van der Waals surface area (Å²) in [7, 11) is 0. The molecule has 0 saturated heterocycles. The molecule has 0 aliphatic carbocycles. The molecule has 2 aromatic heterocycles. The minimum Gasteiger partial charge on any atom is -0.396 e. The number of nitrogens with two attached hydrogens (primary N) is 1. The molecule has 0 atom stereocenters. The van der Waals surface area contributed by atoms with E-state index in [-0.39, 0.29) is 5.54 Å². The van der Waals surface area contributed by atoms with Crippen molar-refractivity contribution in [3.8, 4) is 0 Å². The largest absolute Gasteiger partial charge is 0.396 e. The molecule has 0 fully saturated rings. The number of rotatable bonds is 3. The van der Waals surface area contributed by atoms with Crippen LogP contribution >= 0.6 is 11.3 Å². The topological polar surface area (TPSA) is 63.8 Å². The van der Waals surface area contributed by atoms with Gasteiger partial charge in [-0.15, -0.1) is 11.3 Å². The van der Waals surface area contributed by atoms with Gasteiger partial charge < -0.3 is 11.1 Å². The summed E-state index contributed by atoms with van der Waals surface area (Å²) in [5, 5.41) is 7.54. The summed E-state index contributed by atoms with van der Waals surface area (Å²) in [6.45, 7) is 4.20. The van der Waals surface area contributed by atoms with Crippen molar-refractivity contribution in [3.05, 3.63) is 47.0 Å². The van der Waals surface area contributed by atoms with E-state index in [2.05, 4.69) is 29.1 Å². The van der Waals surface area contributed by atoms with Crippen molar-refractivity contribution in [2.75, 3.05) is 11.1 Å². The van der Waals surface area contributed by atoms with Gasteiger partial charge in [0.05, 0.1) is 28.6 Å². The van der Waals surface area contributed by atoms with Gasteiger partial charge in [-0.2, -0.15) is 0 Å². The van der Waals surface area contributed by atoms with Crippen LogP contribution in [-0.4, -0.2) is 9.97 Å². The van der Waals surface area contributed by atoms with Crippen LogP contribution in [-0.2, 0) is 5.54 Å². The summed E-state index contributed by atoms with van der Waals surface area (Å²) in [5.41, 5.74) is 8.31. The number of benzene rings is 1. The number of thiazole rings is 1. The number of nitrogens with one attached hydrogen (secondary N) is 1. The van der Waals surface area contributed by atoms with Gasteiger partial charge in [-0.3, -0.25) is 4.98 Å². The average Bonchev–Trinajstić information content (AvgIpc) is 2.97. The highest BCUT2D eigenvalue weighted by Gasteiger charge is 2.24. The summed E-state index contributed by atoms with van der Waals surface area (Å²) in [4.78, 5) is 8.75. The summed E-state index contributed by atoms with van der Waals surface area (Å²) in [6.07, 6.45) is 3.51. The number of nitrogen functional groups attached to an aromatic ring is 1. The fraction of sp³-hybridized carbons (Fsp3) is 0.200. The second kappa shape index (κ2) is 4.76. The number of para-hydroxylation sites is 1. The van der Waals surface area contributed by atoms with Gasteiger partial charge in [0.1, 0.15) is 5.01 Å². The van der Waals surface area contributed by atoms with E-state index in [0.717, 1.165) is 21.6 Å². The summed E-state index contributed by atoms with van der Waals surface area (Å²) >= 11 is 1.63. The second-order valence-corrected chi connectivity index (χ2v) is 6.09. The first-order valence-corrected chi connectivity index (χ1v) is 7.27. The number of aromatic nitrogens is 2. The van der Waals surface area contributed by atoms with Crippen molar-refractivity contribution in [3.63, 3.8) is 0 Å². The first kappa shape index (κ1) is 12.9. The lowest BCUT2D eigenvalue weighted by molar-refractivity contribution is 0.605. The van der Waals surface area contributed by atoms with Crippen LogP contribution in [0.3, 0.4) is 0 Å². The molecule has 3 N–H and O–H groups in total. The van der Waals surface area contributed by atoms with Crippen LogP contribution in [0.4, 0.5) is 11.4 Å². The summed E-state index contributed by atoms with van der Waals surface area (Å²) in [6, 6.07) is 7.97. The van der Waals surface area contributed by atoms with Crippen LogP contribution in [0.2, 0.25) is 0 Å². The smallest absolute Gasteiger partial charge is 0.117 e. The van der Waals surface area contributed by atoms with Crippen molar-refractivity contribution < 1.29 is 0 Å². The molecule has 20 heavy (non-hydrogen) atoms. The van der Waals surface area contributed by atoms with Crippen molar-refractivity contribution in [2.24, 2.45) is 0 Å². The Kier molecular flexibility index (Phi) is 3.06. The van der Waals surface area contributed by atoms with Gasteiger partial charge >= 0.3 is 0 Å². The normalized spacial score (nSPS) is 11.7. The third-order valence-electron chi connectivity index (χ3n) is 3.21. The molecule has 3 aromatic rings. The van der Waals surface area contributed by atoms with Crippen LogP contribution < -0.4 is 11.1 Å². The molecule has 1 aromatic carbocycles. The monoisotopic (exact) mass is 284 g/mol. The number of pyridine rings is 1. The average molecular weight is 284 g/mol. The van der Waals surface area contributed by atoms with E-state index >= 15 is 0 Å². The lowest BCUT2D eigenvalue weighted by Crippen LogP contribution is -2.28. The Hall–Kier alpha value is -2.14. The summed E-state index contributed by atoms with van der Waals surface area (Å²) in [5.74, 6) is 0. The van der Waals surface area contributed by atoms with Crippen LogP contribution in [0.5, 0.6) is 0 Å². The van der Waals surface area contributed by atoms with Gasteiger partial charge in [0.15, 0.2) is 0 Å². The first-order chi connectivity index (χ1) is 9.58. The quantitative estimate of drug-likeness (QED) is 0.771. The highest BCUT2D eigenvalue weighted by atomic mass is 32.1. The second-order valence-electron chi connectivity index (χ2n) is 5.19. The third-order valence-corrected chi connectivity index (χ3v) is 4.31. The Bertz CT molecular complexity index is 735. The van der Waals surface area contributed by atoms with Gasteiger partial charge in [-0.05, 0) is 19.9 Å². The molecule has 0 amide bonds. The molecule has 4 nitrogen and oxygen atoms in total. The zero-order valence-corrected chi connectivity index (χ0v) is 12.2. The Balaban J connectivity index is 2.09. The number of nitrogens with zero attached hydrogens (tertiary/aromatic N) is 2. The molecule has 102 valence electrons. The van der Waals surface area contributed by atoms with Crippen molar-refractivity contribution in [2.45, 2.75) is 19.4 Å². The molecule has 3 rings (SSSR count). The molecule has 5 heteroatoms. The number of anilines is 2. The molecular formula is C15H16N4S. The lowest BCUT2D eigenvalue weighted by atomic mass is 10.0. The summed E-state index contributed by atoms with van der Waals surface area (Å²) < 4.78 is 0. The minimum absolute atomic E-state index is 0.285. The molecule has 0 saturated carbocycles. The van der Waals surface area contributed by atoms with E-state index in [0.29, 0.717) is 5.69 Å². The predicted octanol–water partition coefficient (Wildman–Crippen LogP) is 3.62. The fourth-order valence-electron chi connectivity index (χ4n) is 2.19. The number of hydrogen-bond acceptors (Lipinski definition) is 5. The SMILES string of the molecule is CC(C)(Nc1c(N)cnc2ccccc12)c1nccs1. The molecule has 0 unspecified atom stereocenters. The van der Waals surface area contributed by atoms with Gasteiger partial charge in [-0.1, -0.05) is 18.2 Å². The fourth-order valence-corrected chi connectivity index (χ4v) is 2.91. The van der Waals surface area contributed by atoms with E-state index in [1.54, 1.807) is 17.5 Å². The zero-order valence-electron chi connectivity index (χ0n) is 11.4. The molecule has 0 aliphatic rings. The zero-order chi connectivity index (χ0) is 14.2. The maximum absolute atomic E-state index is 6.11. The van der Waals surface area contributed by atoms with E-state index in [9.17, 15) is 0 Å². The Morgan fingerprint density at radius 1 is 1.20 bits per heavy atom. The third kappa shape index (κ3) is 2.20. The maximum atomic E-state index is 6.11. The molecule has 0 aliphatic heterocycles. The van der Waals surface area contributed by atoms with Crippen molar-refractivity contribution in [1.29, 1.82) is 0 Å². The van der Waals surface area contributed by atoms with Crippen LogP contribution in [0, 0.1) is 0 Å². The van der Waals surface area contributed by atoms with Gasteiger partial charge in [-0.25, -0.2) is 4.98 Å². The van der Waals surface area contributed by atoms with E-state index in [1.165, 1.54) is 0 Å². The Labute approximate surface area is 121 Å². The van der Waals surface area contributed by atoms with Gasteiger partial charge in [0, 0.05) is 17.0 Å². The molecule has 0 radical (unpaired) electrons. The van der Waals surface area contributed by atoms with E-state index < -0.39 is 0 Å². The Morgan fingerprint density at radius 3 is 2.75 bits per heavy atom. The Morgan fingerprint density at radius 2 is 2.00 bits per heavy atom. The first-order valence-electron chi connectivity index (χ1n) is 6.39. The maximum Gasteiger partial charge on any atom is 0.117 e. The lowest BCUT2D eigenvalue weighted by Gasteiger charge is -2.26. The van der Waals surface area contributed by atoms with Gasteiger partial charge in [0.25, 0.3) is 0 Å². The minimum atomic E-state index is -0.285. The predicted molar refractivity (Wildman–Crippen MR) is 84.9 cm³/mol. The highest BCUT2D eigenvalue weighted by molar-refractivity contribution is 7.09. The molecule has 0 bridgehead atoms. The molecule has 2 heterocycles. The highest BCUT2D eigenvalue weighted by Crippen LogP contribution is 2.34. The van der Waals surface area contributed by atoms with Crippen LogP contribution in [0.15, 0.2) is 42.0 Å². The molecule has 0 spiro atoms. The molecular weight excluding hydrogens is 268 g/mol. The van der Waals surface area contributed by atoms with E-state index in [4.69, 9.17) is 5.73 Å². The van der Waals surface area contributed by atoms with Gasteiger partial charge in [0.2, 0.25) is 0 Å². The standard InChI is InChI=1S/C15H16N4S/c1-15(2,14-17-7-8-20-14)19-13-10-5-3-4-6-12(10)18-9-11(13)16/h3-9H,16H2,1-2H3,(H,18,19). The number of fused-ring (bicyclic) bond motifs is 1. The van der Waals surface area contributed by atoms with Crippen molar-refractivity contribution >= 4 is 33.6 Å². The van der Waals surface area contributed by atoms with Crippen LogP contribution in [0.25, 0.3) is 10.9 Å².